The van der Waals surface area contributed by atoms with E-state index in [1.807, 2.05) is 29.5 Å². The number of thiazole rings is 1. The van der Waals surface area contributed by atoms with Crippen LogP contribution in [0, 0.1) is 0 Å². The summed E-state index contributed by atoms with van der Waals surface area (Å²) >= 11 is 1.83. The molecule has 3 rings (SSSR count). The van der Waals surface area contributed by atoms with Crippen molar-refractivity contribution in [3.63, 3.8) is 0 Å². The fourth-order valence-corrected chi connectivity index (χ4v) is 3.93. The van der Waals surface area contributed by atoms with Crippen molar-refractivity contribution in [3.8, 4) is 0 Å². The predicted molar refractivity (Wildman–Crippen MR) is 86.7 cm³/mol. The van der Waals surface area contributed by atoms with E-state index >= 15 is 0 Å². The lowest BCUT2D eigenvalue weighted by Crippen LogP contribution is -2.30. The molecule has 1 aromatic carbocycles. The second-order valence-corrected chi connectivity index (χ2v) is 6.86. The third-order valence-corrected chi connectivity index (χ3v) is 5.30. The summed E-state index contributed by atoms with van der Waals surface area (Å²) in [4.78, 5) is 6.19. The second kappa shape index (κ2) is 6.69. The van der Waals surface area contributed by atoms with E-state index in [0.717, 1.165) is 11.4 Å². The molecule has 21 heavy (non-hydrogen) atoms. The number of benzene rings is 1. The van der Waals surface area contributed by atoms with Crippen LogP contribution in [0.4, 0.5) is 0 Å². The van der Waals surface area contributed by atoms with Gasteiger partial charge in [0.05, 0.1) is 17.8 Å². The highest BCUT2D eigenvalue weighted by atomic mass is 32.1. The molecular formula is C17H22N2OS. The van der Waals surface area contributed by atoms with Gasteiger partial charge in [-0.05, 0) is 38.2 Å². The van der Waals surface area contributed by atoms with E-state index in [1.54, 1.807) is 0 Å². The summed E-state index contributed by atoms with van der Waals surface area (Å²) in [6.45, 7) is 2.73. The Balaban J connectivity index is 1.49. The molecule has 0 bridgehead atoms. The molecule has 0 amide bonds. The molecule has 2 unspecified atom stereocenters. The molecule has 2 atom stereocenters. The molecule has 0 radical (unpaired) electrons. The Morgan fingerprint density at radius 3 is 2.86 bits per heavy atom. The number of hydrogen-bond acceptors (Lipinski definition) is 4. The zero-order chi connectivity index (χ0) is 14.7. The molecule has 0 fully saturated rings. The molecular weight excluding hydrogens is 280 g/mol. The van der Waals surface area contributed by atoms with Gasteiger partial charge < -0.3 is 10.4 Å². The van der Waals surface area contributed by atoms with E-state index in [9.17, 15) is 5.11 Å². The van der Waals surface area contributed by atoms with E-state index in [-0.39, 0.29) is 12.1 Å². The van der Waals surface area contributed by atoms with Crippen LogP contribution in [0.2, 0.25) is 0 Å². The van der Waals surface area contributed by atoms with E-state index in [4.69, 9.17) is 4.98 Å². The van der Waals surface area contributed by atoms with Crippen LogP contribution in [0.25, 0.3) is 0 Å². The zero-order valence-electron chi connectivity index (χ0n) is 12.4. The van der Waals surface area contributed by atoms with Crippen LogP contribution < -0.4 is 5.32 Å². The van der Waals surface area contributed by atoms with E-state index in [2.05, 4.69) is 24.4 Å². The maximum absolute atomic E-state index is 10.1. The average Bonchev–Trinajstić information content (AvgIpc) is 3.07. The molecule has 4 heteroatoms. The summed E-state index contributed by atoms with van der Waals surface area (Å²) in [7, 11) is 0. The summed E-state index contributed by atoms with van der Waals surface area (Å²) in [5, 5.41) is 14.7. The van der Waals surface area contributed by atoms with Crippen molar-refractivity contribution in [3.05, 3.63) is 51.5 Å². The molecule has 1 aliphatic carbocycles. The van der Waals surface area contributed by atoms with Crippen molar-refractivity contribution in [2.24, 2.45) is 0 Å². The van der Waals surface area contributed by atoms with Gasteiger partial charge in [0, 0.05) is 11.4 Å². The number of nitrogens with one attached hydrogen (secondary N) is 1. The number of aryl methyl sites for hydroxylation is 2. The van der Waals surface area contributed by atoms with Crippen molar-refractivity contribution in [2.45, 2.75) is 44.8 Å². The highest BCUT2D eigenvalue weighted by molar-refractivity contribution is 7.11. The first-order chi connectivity index (χ1) is 10.2. The van der Waals surface area contributed by atoms with Crippen LogP contribution >= 0.6 is 11.3 Å². The van der Waals surface area contributed by atoms with Crippen LogP contribution in [-0.4, -0.2) is 22.7 Å². The lowest BCUT2D eigenvalue weighted by molar-refractivity contribution is 0.168. The van der Waals surface area contributed by atoms with Gasteiger partial charge >= 0.3 is 0 Å². The molecule has 3 nitrogen and oxygen atoms in total. The highest BCUT2D eigenvalue weighted by Crippen LogP contribution is 2.30. The molecule has 112 valence electrons. The van der Waals surface area contributed by atoms with Crippen molar-refractivity contribution >= 4 is 11.3 Å². The molecule has 0 saturated carbocycles. The standard InChI is InChI=1S/C17H22N2OS/c1-12(17-19-15-8-5-9-16(15)21-17)18-11-14(20)10-13-6-3-2-4-7-13/h2-4,6-7,12,14,18,20H,5,8-11H2,1H3. The van der Waals surface area contributed by atoms with E-state index < -0.39 is 0 Å². The Morgan fingerprint density at radius 2 is 2.10 bits per heavy atom. The number of aliphatic hydroxyl groups is 1. The Kier molecular flexibility index (Phi) is 4.68. The molecule has 0 aliphatic heterocycles. The summed E-state index contributed by atoms with van der Waals surface area (Å²) in [6, 6.07) is 10.3. The first-order valence-corrected chi connectivity index (χ1v) is 8.48. The Labute approximate surface area is 130 Å². The van der Waals surface area contributed by atoms with Gasteiger partial charge in [0.2, 0.25) is 0 Å². The molecule has 0 spiro atoms. The van der Waals surface area contributed by atoms with Crippen LogP contribution in [0.1, 0.15) is 40.5 Å². The third-order valence-electron chi connectivity index (χ3n) is 3.96. The average molecular weight is 302 g/mol. The number of aromatic nitrogens is 1. The smallest absolute Gasteiger partial charge is 0.110 e. The van der Waals surface area contributed by atoms with Gasteiger partial charge in [-0.2, -0.15) is 0 Å². The van der Waals surface area contributed by atoms with Crippen molar-refractivity contribution in [2.75, 3.05) is 6.54 Å². The number of fused-ring (bicyclic) bond motifs is 1. The SMILES string of the molecule is CC(NCC(O)Cc1ccccc1)c1nc2c(s1)CCC2. The van der Waals surface area contributed by atoms with Gasteiger partial charge in [0.1, 0.15) is 5.01 Å². The summed E-state index contributed by atoms with van der Waals surface area (Å²) in [6.07, 6.45) is 3.91. The van der Waals surface area contributed by atoms with Gasteiger partial charge in [0.25, 0.3) is 0 Å². The van der Waals surface area contributed by atoms with Crippen LogP contribution in [-0.2, 0) is 19.3 Å². The summed E-state index contributed by atoms with van der Waals surface area (Å²) in [5.74, 6) is 0. The monoisotopic (exact) mass is 302 g/mol. The predicted octanol–water partition coefficient (Wildman–Crippen LogP) is 2.89. The van der Waals surface area contributed by atoms with Gasteiger partial charge in [-0.1, -0.05) is 30.3 Å². The number of nitrogens with zero attached hydrogens (tertiary/aromatic N) is 1. The lowest BCUT2D eigenvalue weighted by Gasteiger charge is -2.15. The van der Waals surface area contributed by atoms with Crippen LogP contribution in [0.5, 0.6) is 0 Å². The Bertz CT molecular complexity index is 560. The molecule has 1 heterocycles. The molecule has 1 aliphatic rings. The van der Waals surface area contributed by atoms with Crippen molar-refractivity contribution < 1.29 is 5.11 Å². The largest absolute Gasteiger partial charge is 0.391 e. The molecule has 0 saturated heterocycles. The summed E-state index contributed by atoms with van der Waals surface area (Å²) < 4.78 is 0. The quantitative estimate of drug-likeness (QED) is 0.862. The topological polar surface area (TPSA) is 45.1 Å². The molecule has 1 aromatic heterocycles. The zero-order valence-corrected chi connectivity index (χ0v) is 13.2. The maximum Gasteiger partial charge on any atom is 0.110 e. The summed E-state index contributed by atoms with van der Waals surface area (Å²) in [5.41, 5.74) is 2.47. The minimum atomic E-state index is -0.360. The Hall–Kier alpha value is -1.23. The van der Waals surface area contributed by atoms with E-state index in [1.165, 1.54) is 29.0 Å². The molecule has 2 aromatic rings. The maximum atomic E-state index is 10.1. The number of hydrogen-bond donors (Lipinski definition) is 2. The van der Waals surface area contributed by atoms with Crippen molar-refractivity contribution in [1.29, 1.82) is 0 Å². The fraction of sp³-hybridized carbons (Fsp3) is 0.471. The Morgan fingerprint density at radius 1 is 1.29 bits per heavy atom. The second-order valence-electron chi connectivity index (χ2n) is 5.75. The highest BCUT2D eigenvalue weighted by Gasteiger charge is 2.19. The number of aliphatic hydroxyl groups excluding tert-OH is 1. The third kappa shape index (κ3) is 3.70. The minimum Gasteiger partial charge on any atom is -0.391 e. The fourth-order valence-electron chi connectivity index (χ4n) is 2.75. The normalized spacial score (nSPS) is 16.7. The first-order valence-electron chi connectivity index (χ1n) is 7.66. The lowest BCUT2D eigenvalue weighted by atomic mass is 10.1. The van der Waals surface area contributed by atoms with Crippen molar-refractivity contribution in [1.82, 2.24) is 10.3 Å². The first kappa shape index (κ1) is 14.7. The van der Waals surface area contributed by atoms with Crippen LogP contribution in [0.3, 0.4) is 0 Å². The van der Waals surface area contributed by atoms with E-state index in [0.29, 0.717) is 13.0 Å². The van der Waals surface area contributed by atoms with Gasteiger partial charge in [-0.15, -0.1) is 11.3 Å². The molecule has 2 N–H and O–H groups in total. The number of rotatable bonds is 6. The minimum absolute atomic E-state index is 0.214. The van der Waals surface area contributed by atoms with Gasteiger partial charge in [-0.3, -0.25) is 0 Å². The van der Waals surface area contributed by atoms with Gasteiger partial charge in [-0.25, -0.2) is 4.98 Å². The van der Waals surface area contributed by atoms with Crippen LogP contribution in [0.15, 0.2) is 30.3 Å². The van der Waals surface area contributed by atoms with Gasteiger partial charge in [0.15, 0.2) is 0 Å².